The summed E-state index contributed by atoms with van der Waals surface area (Å²) in [6.07, 6.45) is 0. The van der Waals surface area contributed by atoms with Gasteiger partial charge in [-0.1, -0.05) is 33.6 Å². The molecule has 2 aromatic carbocycles. The molecule has 4 nitrogen and oxygen atoms in total. The van der Waals surface area contributed by atoms with Crippen molar-refractivity contribution in [3.05, 3.63) is 58.6 Å². The molecule has 2 rings (SSSR count). The molecule has 0 aliphatic carbocycles. The Morgan fingerprint density at radius 2 is 1.61 bits per heavy atom. The van der Waals surface area contributed by atoms with Gasteiger partial charge in [0.05, 0.1) is 6.04 Å². The smallest absolute Gasteiger partial charge is 0.258 e. The highest BCUT2D eigenvalue weighted by molar-refractivity contribution is 9.10. The van der Waals surface area contributed by atoms with Crippen molar-refractivity contribution in [1.82, 2.24) is 5.32 Å². The molecule has 0 saturated carbocycles. The Balaban J connectivity index is 1.69. The number of hydrogen-bond acceptors (Lipinski definition) is 3. The minimum atomic E-state index is -0.173. The van der Waals surface area contributed by atoms with E-state index in [-0.39, 0.29) is 18.6 Å². The maximum Gasteiger partial charge on any atom is 0.258 e. The van der Waals surface area contributed by atoms with Crippen LogP contribution in [0.25, 0.3) is 0 Å². The molecule has 2 aromatic rings. The summed E-state index contributed by atoms with van der Waals surface area (Å²) in [7, 11) is 0. The van der Waals surface area contributed by atoms with E-state index >= 15 is 0 Å². The van der Waals surface area contributed by atoms with Crippen LogP contribution in [0.1, 0.15) is 12.5 Å². The molecule has 1 amide bonds. The zero-order valence-corrected chi connectivity index (χ0v) is 14.8. The van der Waals surface area contributed by atoms with Gasteiger partial charge in [-0.2, -0.15) is 0 Å². The van der Waals surface area contributed by atoms with Gasteiger partial charge in [0.25, 0.3) is 5.91 Å². The number of rotatable bonds is 7. The Bertz CT molecular complexity index is 626. The molecule has 0 aliphatic rings. The highest BCUT2D eigenvalue weighted by Crippen LogP contribution is 2.16. The van der Waals surface area contributed by atoms with Crippen molar-refractivity contribution < 1.29 is 14.3 Å². The first-order chi connectivity index (χ1) is 11.0. The number of ether oxygens (including phenoxy) is 2. The first-order valence-corrected chi connectivity index (χ1v) is 8.19. The number of benzene rings is 2. The fourth-order valence-electron chi connectivity index (χ4n) is 1.89. The van der Waals surface area contributed by atoms with Crippen LogP contribution in [-0.4, -0.2) is 25.2 Å². The zero-order chi connectivity index (χ0) is 16.7. The average molecular weight is 378 g/mol. The Morgan fingerprint density at radius 1 is 1.04 bits per heavy atom. The van der Waals surface area contributed by atoms with Crippen LogP contribution in [0.2, 0.25) is 0 Å². The van der Waals surface area contributed by atoms with Crippen LogP contribution in [-0.2, 0) is 4.79 Å². The second kappa shape index (κ2) is 8.58. The quantitative estimate of drug-likeness (QED) is 0.799. The Hall–Kier alpha value is -2.01. The van der Waals surface area contributed by atoms with Gasteiger partial charge in [-0.3, -0.25) is 4.79 Å². The minimum absolute atomic E-state index is 0.0174. The fraction of sp³-hybridized carbons (Fsp3) is 0.278. The summed E-state index contributed by atoms with van der Waals surface area (Å²) in [5.74, 6) is 1.28. The number of carbonyl (C=O) groups is 1. The summed E-state index contributed by atoms with van der Waals surface area (Å²) in [5.41, 5.74) is 1.18. The van der Waals surface area contributed by atoms with Gasteiger partial charge in [-0.05, 0) is 50.2 Å². The Morgan fingerprint density at radius 3 is 2.26 bits per heavy atom. The Kier molecular flexibility index (Phi) is 6.47. The van der Waals surface area contributed by atoms with Crippen LogP contribution in [0.15, 0.2) is 53.0 Å². The average Bonchev–Trinajstić information content (AvgIpc) is 2.54. The molecule has 23 heavy (non-hydrogen) atoms. The number of halogens is 1. The van der Waals surface area contributed by atoms with Crippen LogP contribution >= 0.6 is 15.9 Å². The maximum atomic E-state index is 11.8. The third-order valence-electron chi connectivity index (χ3n) is 3.11. The molecule has 0 radical (unpaired) electrons. The van der Waals surface area contributed by atoms with Gasteiger partial charge in [0.15, 0.2) is 6.61 Å². The summed E-state index contributed by atoms with van der Waals surface area (Å²) in [6.45, 7) is 4.31. The maximum absolute atomic E-state index is 11.8. The SMILES string of the molecule is Cc1ccc(OC[C@@H](C)NC(=O)COc2ccc(Br)cc2)cc1. The molecule has 0 saturated heterocycles. The molecular weight excluding hydrogens is 358 g/mol. The molecule has 122 valence electrons. The molecule has 0 unspecified atom stereocenters. The molecule has 1 N–H and O–H groups in total. The number of nitrogens with one attached hydrogen (secondary N) is 1. The summed E-state index contributed by atoms with van der Waals surface area (Å²) in [5, 5.41) is 2.84. The van der Waals surface area contributed by atoms with E-state index in [1.54, 1.807) is 12.1 Å². The standard InChI is InChI=1S/C18H20BrNO3/c1-13-3-7-16(8-4-13)22-11-14(2)20-18(21)12-23-17-9-5-15(19)6-10-17/h3-10,14H,11-12H2,1-2H3,(H,20,21)/t14-/m1/s1. The molecule has 0 aromatic heterocycles. The van der Waals surface area contributed by atoms with Gasteiger partial charge in [0.2, 0.25) is 0 Å². The van der Waals surface area contributed by atoms with E-state index in [9.17, 15) is 4.79 Å². The number of hydrogen-bond donors (Lipinski definition) is 1. The fourth-order valence-corrected chi connectivity index (χ4v) is 2.16. The van der Waals surface area contributed by atoms with E-state index in [1.165, 1.54) is 5.56 Å². The molecule has 0 spiro atoms. The second-order valence-corrected chi connectivity index (χ2v) is 6.25. The molecule has 0 fully saturated rings. The van der Waals surface area contributed by atoms with E-state index in [0.717, 1.165) is 10.2 Å². The van der Waals surface area contributed by atoms with Crippen molar-refractivity contribution in [2.24, 2.45) is 0 Å². The van der Waals surface area contributed by atoms with E-state index < -0.39 is 0 Å². The molecule has 5 heteroatoms. The molecule has 0 bridgehead atoms. The zero-order valence-electron chi connectivity index (χ0n) is 13.2. The summed E-state index contributed by atoms with van der Waals surface area (Å²) in [4.78, 5) is 11.8. The van der Waals surface area contributed by atoms with Gasteiger partial charge in [-0.25, -0.2) is 0 Å². The lowest BCUT2D eigenvalue weighted by Gasteiger charge is -2.15. The minimum Gasteiger partial charge on any atom is -0.491 e. The normalized spacial score (nSPS) is 11.6. The van der Waals surface area contributed by atoms with Crippen molar-refractivity contribution in [1.29, 1.82) is 0 Å². The summed E-state index contributed by atoms with van der Waals surface area (Å²) < 4.78 is 12.0. The molecule has 0 heterocycles. The van der Waals surface area contributed by atoms with Crippen molar-refractivity contribution in [2.75, 3.05) is 13.2 Å². The summed E-state index contributed by atoms with van der Waals surface area (Å²) >= 11 is 3.35. The molecular formula is C18H20BrNO3. The highest BCUT2D eigenvalue weighted by atomic mass is 79.9. The number of carbonyl (C=O) groups excluding carboxylic acids is 1. The number of amides is 1. The van der Waals surface area contributed by atoms with E-state index in [2.05, 4.69) is 21.2 Å². The first-order valence-electron chi connectivity index (χ1n) is 7.40. The van der Waals surface area contributed by atoms with Gasteiger partial charge in [0, 0.05) is 4.47 Å². The van der Waals surface area contributed by atoms with Gasteiger partial charge < -0.3 is 14.8 Å². The predicted molar refractivity (Wildman–Crippen MR) is 93.9 cm³/mol. The van der Waals surface area contributed by atoms with Crippen molar-refractivity contribution in [3.8, 4) is 11.5 Å². The van der Waals surface area contributed by atoms with Gasteiger partial charge >= 0.3 is 0 Å². The Labute approximate surface area is 144 Å². The lowest BCUT2D eigenvalue weighted by atomic mass is 10.2. The highest BCUT2D eigenvalue weighted by Gasteiger charge is 2.09. The van der Waals surface area contributed by atoms with Gasteiger partial charge in [0.1, 0.15) is 18.1 Å². The van der Waals surface area contributed by atoms with Gasteiger partial charge in [-0.15, -0.1) is 0 Å². The van der Waals surface area contributed by atoms with Crippen LogP contribution in [0, 0.1) is 6.92 Å². The van der Waals surface area contributed by atoms with Crippen molar-refractivity contribution >= 4 is 21.8 Å². The molecule has 1 atom stereocenters. The monoisotopic (exact) mass is 377 g/mol. The van der Waals surface area contributed by atoms with Crippen molar-refractivity contribution in [3.63, 3.8) is 0 Å². The topological polar surface area (TPSA) is 47.6 Å². The van der Waals surface area contributed by atoms with E-state index in [1.807, 2.05) is 50.2 Å². The van der Waals surface area contributed by atoms with E-state index in [4.69, 9.17) is 9.47 Å². The first kappa shape index (κ1) is 17.3. The second-order valence-electron chi connectivity index (χ2n) is 5.34. The van der Waals surface area contributed by atoms with Crippen LogP contribution in [0.4, 0.5) is 0 Å². The number of aryl methyl sites for hydroxylation is 1. The van der Waals surface area contributed by atoms with Crippen molar-refractivity contribution in [2.45, 2.75) is 19.9 Å². The van der Waals surface area contributed by atoms with E-state index in [0.29, 0.717) is 12.4 Å². The summed E-state index contributed by atoms with van der Waals surface area (Å²) in [6, 6.07) is 15.1. The lowest BCUT2D eigenvalue weighted by Crippen LogP contribution is -2.39. The lowest BCUT2D eigenvalue weighted by molar-refractivity contribution is -0.123. The third-order valence-corrected chi connectivity index (χ3v) is 3.64. The third kappa shape index (κ3) is 6.32. The van der Waals surface area contributed by atoms with Crippen LogP contribution in [0.5, 0.6) is 11.5 Å². The van der Waals surface area contributed by atoms with Crippen LogP contribution < -0.4 is 14.8 Å². The largest absolute Gasteiger partial charge is 0.491 e. The molecule has 0 aliphatic heterocycles. The predicted octanol–water partition coefficient (Wildman–Crippen LogP) is 3.72. The van der Waals surface area contributed by atoms with Crippen LogP contribution in [0.3, 0.4) is 0 Å².